The van der Waals surface area contributed by atoms with Crippen molar-refractivity contribution in [3.8, 4) is 0 Å². The van der Waals surface area contributed by atoms with E-state index in [0.29, 0.717) is 17.4 Å². The topological polar surface area (TPSA) is 50.4 Å². The SMILES string of the molecule is C=C1NC(=S)NC(C)C1C(=O)OCC. The number of hydrogen-bond donors (Lipinski definition) is 2. The minimum atomic E-state index is -0.373. The summed E-state index contributed by atoms with van der Waals surface area (Å²) in [6.45, 7) is 7.79. The quantitative estimate of drug-likeness (QED) is 0.519. The minimum absolute atomic E-state index is 0.0738. The van der Waals surface area contributed by atoms with Crippen LogP contribution in [-0.4, -0.2) is 23.7 Å². The molecule has 0 aromatic heterocycles. The van der Waals surface area contributed by atoms with Crippen molar-refractivity contribution < 1.29 is 9.53 Å². The normalized spacial score (nSPS) is 26.4. The second-order valence-corrected chi connectivity index (χ2v) is 3.55. The summed E-state index contributed by atoms with van der Waals surface area (Å²) in [5.74, 6) is -0.644. The van der Waals surface area contributed by atoms with Crippen LogP contribution in [0.25, 0.3) is 0 Å². The number of nitrogens with one attached hydrogen (secondary N) is 2. The Morgan fingerprint density at radius 1 is 1.71 bits per heavy atom. The summed E-state index contributed by atoms with van der Waals surface area (Å²) in [5, 5.41) is 6.28. The van der Waals surface area contributed by atoms with Gasteiger partial charge in [-0.25, -0.2) is 0 Å². The molecular weight excluding hydrogens is 200 g/mol. The van der Waals surface area contributed by atoms with Crippen molar-refractivity contribution in [3.63, 3.8) is 0 Å². The lowest BCUT2D eigenvalue weighted by Crippen LogP contribution is -2.54. The van der Waals surface area contributed by atoms with Crippen LogP contribution < -0.4 is 10.6 Å². The maximum Gasteiger partial charge on any atom is 0.317 e. The highest BCUT2D eigenvalue weighted by Crippen LogP contribution is 2.17. The molecule has 0 bridgehead atoms. The molecule has 1 rings (SSSR count). The first kappa shape index (κ1) is 11.0. The van der Waals surface area contributed by atoms with Crippen LogP contribution in [0.15, 0.2) is 12.3 Å². The number of esters is 1. The smallest absolute Gasteiger partial charge is 0.317 e. The fraction of sp³-hybridized carbons (Fsp3) is 0.556. The Hall–Kier alpha value is -1.10. The lowest BCUT2D eigenvalue weighted by Gasteiger charge is -2.32. The molecule has 4 nitrogen and oxygen atoms in total. The van der Waals surface area contributed by atoms with Gasteiger partial charge in [0.15, 0.2) is 5.11 Å². The Kier molecular flexibility index (Phi) is 3.46. The number of rotatable bonds is 2. The highest BCUT2D eigenvalue weighted by molar-refractivity contribution is 7.80. The van der Waals surface area contributed by atoms with E-state index in [1.165, 1.54) is 0 Å². The molecule has 2 unspecified atom stereocenters. The van der Waals surface area contributed by atoms with E-state index in [-0.39, 0.29) is 17.9 Å². The fourth-order valence-corrected chi connectivity index (χ4v) is 1.75. The van der Waals surface area contributed by atoms with Crippen molar-refractivity contribution in [3.05, 3.63) is 12.3 Å². The Balaban J connectivity index is 2.71. The maximum atomic E-state index is 11.5. The minimum Gasteiger partial charge on any atom is -0.465 e. The standard InChI is InChI=1S/C9H14N2O2S/c1-4-13-8(12)7-5(2)10-9(14)11-6(7)3/h6-7H,2,4H2,1,3H3,(H2,10,11,14). The van der Waals surface area contributed by atoms with Crippen molar-refractivity contribution in [2.75, 3.05) is 6.61 Å². The molecule has 1 fully saturated rings. The van der Waals surface area contributed by atoms with Crippen LogP contribution in [-0.2, 0) is 9.53 Å². The summed E-state index contributed by atoms with van der Waals surface area (Å²) in [7, 11) is 0. The van der Waals surface area contributed by atoms with Crippen LogP contribution in [0, 0.1) is 5.92 Å². The average molecular weight is 214 g/mol. The largest absolute Gasteiger partial charge is 0.465 e. The summed E-state index contributed by atoms with van der Waals surface area (Å²) in [6, 6.07) is -0.0738. The fourth-order valence-electron chi connectivity index (χ4n) is 1.43. The summed E-state index contributed by atoms with van der Waals surface area (Å²) in [4.78, 5) is 11.5. The van der Waals surface area contributed by atoms with Gasteiger partial charge in [0.25, 0.3) is 0 Å². The Bertz CT molecular complexity index is 278. The van der Waals surface area contributed by atoms with E-state index in [9.17, 15) is 4.79 Å². The van der Waals surface area contributed by atoms with E-state index in [2.05, 4.69) is 17.2 Å². The molecule has 1 saturated heterocycles. The molecule has 14 heavy (non-hydrogen) atoms. The van der Waals surface area contributed by atoms with Gasteiger partial charge < -0.3 is 15.4 Å². The molecule has 0 aliphatic carbocycles. The van der Waals surface area contributed by atoms with Crippen molar-refractivity contribution >= 4 is 23.3 Å². The van der Waals surface area contributed by atoms with Crippen LogP contribution in [0.2, 0.25) is 0 Å². The molecule has 2 N–H and O–H groups in total. The Morgan fingerprint density at radius 2 is 2.36 bits per heavy atom. The average Bonchev–Trinajstić information content (AvgIpc) is 2.01. The van der Waals surface area contributed by atoms with E-state index < -0.39 is 0 Å². The van der Waals surface area contributed by atoms with Gasteiger partial charge in [-0.2, -0.15) is 0 Å². The molecule has 0 aromatic carbocycles. The van der Waals surface area contributed by atoms with E-state index in [4.69, 9.17) is 17.0 Å². The lowest BCUT2D eigenvalue weighted by molar-refractivity contribution is -0.147. The zero-order valence-corrected chi connectivity index (χ0v) is 9.11. The number of thiocarbonyl (C=S) groups is 1. The number of carbonyl (C=O) groups is 1. The lowest BCUT2D eigenvalue weighted by atomic mass is 9.96. The number of ether oxygens (including phenoxy) is 1. The summed E-state index contributed by atoms with van der Waals surface area (Å²) < 4.78 is 4.93. The maximum absolute atomic E-state index is 11.5. The molecule has 0 saturated carbocycles. The second-order valence-electron chi connectivity index (χ2n) is 3.14. The molecule has 78 valence electrons. The van der Waals surface area contributed by atoms with Crippen molar-refractivity contribution in [2.45, 2.75) is 19.9 Å². The molecule has 1 aliphatic heterocycles. The van der Waals surface area contributed by atoms with Gasteiger partial charge >= 0.3 is 5.97 Å². The molecule has 5 heteroatoms. The first-order valence-corrected chi connectivity index (χ1v) is 4.90. The molecule has 1 heterocycles. The first-order chi connectivity index (χ1) is 6.56. The molecule has 1 aliphatic rings. The van der Waals surface area contributed by atoms with Crippen LogP contribution in [0.3, 0.4) is 0 Å². The molecule has 0 spiro atoms. The molecule has 0 amide bonds. The van der Waals surface area contributed by atoms with Gasteiger partial charge in [0, 0.05) is 11.7 Å². The Labute approximate surface area is 88.7 Å². The predicted octanol–water partition coefficient (Wildman–Crippen LogP) is 0.546. The van der Waals surface area contributed by atoms with E-state index in [1.807, 2.05) is 6.92 Å². The van der Waals surface area contributed by atoms with E-state index in [1.54, 1.807) is 6.92 Å². The molecule has 2 atom stereocenters. The van der Waals surface area contributed by atoms with Crippen LogP contribution >= 0.6 is 12.2 Å². The third-order valence-corrected chi connectivity index (χ3v) is 2.27. The summed E-state index contributed by atoms with van der Waals surface area (Å²) in [6.07, 6.45) is 0. The zero-order chi connectivity index (χ0) is 10.7. The number of carbonyl (C=O) groups excluding carboxylic acids is 1. The van der Waals surface area contributed by atoms with Crippen LogP contribution in [0.5, 0.6) is 0 Å². The van der Waals surface area contributed by atoms with Gasteiger partial charge in [-0.15, -0.1) is 0 Å². The molecular formula is C9H14N2O2S. The van der Waals surface area contributed by atoms with Gasteiger partial charge in [-0.3, -0.25) is 4.79 Å². The highest BCUT2D eigenvalue weighted by atomic mass is 32.1. The van der Waals surface area contributed by atoms with Gasteiger partial charge in [0.2, 0.25) is 0 Å². The second kappa shape index (κ2) is 4.41. The van der Waals surface area contributed by atoms with Crippen molar-refractivity contribution in [1.29, 1.82) is 0 Å². The Morgan fingerprint density at radius 3 is 2.86 bits per heavy atom. The number of hydrogen-bond acceptors (Lipinski definition) is 3. The highest BCUT2D eigenvalue weighted by Gasteiger charge is 2.33. The third kappa shape index (κ3) is 2.23. The monoisotopic (exact) mass is 214 g/mol. The van der Waals surface area contributed by atoms with Gasteiger partial charge in [0.05, 0.1) is 6.61 Å². The molecule has 0 aromatic rings. The summed E-state index contributed by atoms with van der Waals surface area (Å²) >= 11 is 4.93. The van der Waals surface area contributed by atoms with Gasteiger partial charge in [0.1, 0.15) is 5.92 Å². The first-order valence-electron chi connectivity index (χ1n) is 4.49. The zero-order valence-electron chi connectivity index (χ0n) is 8.29. The van der Waals surface area contributed by atoms with E-state index >= 15 is 0 Å². The van der Waals surface area contributed by atoms with Gasteiger partial charge in [-0.1, -0.05) is 6.58 Å². The van der Waals surface area contributed by atoms with Crippen molar-refractivity contribution in [2.24, 2.45) is 5.92 Å². The van der Waals surface area contributed by atoms with Crippen LogP contribution in [0.4, 0.5) is 0 Å². The van der Waals surface area contributed by atoms with Gasteiger partial charge in [-0.05, 0) is 26.1 Å². The van der Waals surface area contributed by atoms with E-state index in [0.717, 1.165) is 0 Å². The van der Waals surface area contributed by atoms with Crippen molar-refractivity contribution in [1.82, 2.24) is 10.6 Å². The summed E-state index contributed by atoms with van der Waals surface area (Å²) in [5.41, 5.74) is 0.597. The third-order valence-electron chi connectivity index (χ3n) is 2.05. The molecule has 0 radical (unpaired) electrons. The van der Waals surface area contributed by atoms with Crippen LogP contribution in [0.1, 0.15) is 13.8 Å². The predicted molar refractivity (Wildman–Crippen MR) is 57.6 cm³/mol.